The van der Waals surface area contributed by atoms with E-state index in [1.54, 1.807) is 6.07 Å². The average Bonchev–Trinajstić information content (AvgIpc) is 2.75. The van der Waals surface area contributed by atoms with Gasteiger partial charge in [0.05, 0.1) is 21.0 Å². The topological polar surface area (TPSA) is 71.1 Å². The number of pyridine rings is 1. The van der Waals surface area contributed by atoms with Crippen molar-refractivity contribution < 1.29 is 8.42 Å². The summed E-state index contributed by atoms with van der Waals surface area (Å²) in [7, 11) is -2.98. The van der Waals surface area contributed by atoms with Crippen LogP contribution in [0.15, 0.2) is 6.07 Å². The third-order valence-electron chi connectivity index (χ3n) is 3.43. The second kappa shape index (κ2) is 7.03. The number of sulfone groups is 1. The fourth-order valence-corrected chi connectivity index (χ4v) is 4.51. The zero-order chi connectivity index (χ0) is 15.5. The van der Waals surface area contributed by atoms with E-state index in [2.05, 4.69) is 15.6 Å². The van der Waals surface area contributed by atoms with Gasteiger partial charge in [0.25, 0.3) is 0 Å². The van der Waals surface area contributed by atoms with Gasteiger partial charge in [0.2, 0.25) is 0 Å². The average molecular weight is 352 g/mol. The van der Waals surface area contributed by atoms with Crippen LogP contribution in [0.5, 0.6) is 0 Å². The van der Waals surface area contributed by atoms with Gasteiger partial charge in [-0.3, -0.25) is 0 Å². The molecule has 0 aliphatic carbocycles. The van der Waals surface area contributed by atoms with Gasteiger partial charge in [-0.25, -0.2) is 13.4 Å². The summed E-state index contributed by atoms with van der Waals surface area (Å²) in [6.45, 7) is 3.12. The lowest BCUT2D eigenvalue weighted by atomic mass is 10.2. The van der Waals surface area contributed by atoms with E-state index in [1.165, 1.54) is 0 Å². The highest BCUT2D eigenvalue weighted by Crippen LogP contribution is 2.30. The fraction of sp³-hybridized carbons (Fsp3) is 0.615. The van der Waals surface area contributed by atoms with Crippen LogP contribution in [-0.2, 0) is 9.84 Å². The summed E-state index contributed by atoms with van der Waals surface area (Å²) in [4.78, 5) is 4.34. The molecule has 2 N–H and O–H groups in total. The molecule has 0 saturated carbocycles. The molecule has 21 heavy (non-hydrogen) atoms. The SMILES string of the molecule is CCCNc1nc(NCC2CCCS2(=O)=O)c(Cl)cc1Cl. The quantitative estimate of drug-likeness (QED) is 0.823. The molecule has 1 fully saturated rings. The van der Waals surface area contributed by atoms with Gasteiger partial charge < -0.3 is 10.6 Å². The van der Waals surface area contributed by atoms with Crippen molar-refractivity contribution in [3.8, 4) is 0 Å². The summed E-state index contributed by atoms with van der Waals surface area (Å²) in [5, 5.41) is 6.62. The number of nitrogens with zero attached hydrogens (tertiary/aromatic N) is 1. The van der Waals surface area contributed by atoms with E-state index in [9.17, 15) is 8.42 Å². The van der Waals surface area contributed by atoms with Gasteiger partial charge in [0.15, 0.2) is 9.84 Å². The monoisotopic (exact) mass is 351 g/mol. The van der Waals surface area contributed by atoms with Crippen molar-refractivity contribution in [2.75, 3.05) is 29.5 Å². The highest BCUT2D eigenvalue weighted by molar-refractivity contribution is 7.92. The maximum atomic E-state index is 11.8. The zero-order valence-electron chi connectivity index (χ0n) is 11.8. The molecule has 1 aliphatic rings. The number of anilines is 2. The van der Waals surface area contributed by atoms with Crippen molar-refractivity contribution in [1.82, 2.24) is 4.98 Å². The number of halogens is 2. The van der Waals surface area contributed by atoms with Crippen LogP contribution < -0.4 is 10.6 Å². The van der Waals surface area contributed by atoms with E-state index < -0.39 is 9.84 Å². The number of aromatic nitrogens is 1. The number of nitrogens with one attached hydrogen (secondary N) is 2. The fourth-order valence-electron chi connectivity index (χ4n) is 2.26. The minimum Gasteiger partial charge on any atom is -0.369 e. The molecule has 0 radical (unpaired) electrons. The molecular formula is C13H19Cl2N3O2S. The Labute approximate surface area is 135 Å². The first kappa shape index (κ1) is 16.6. The Kier molecular flexibility index (Phi) is 5.57. The number of rotatable bonds is 6. The third kappa shape index (κ3) is 4.14. The van der Waals surface area contributed by atoms with Crippen molar-refractivity contribution in [3.05, 3.63) is 16.1 Å². The summed E-state index contributed by atoms with van der Waals surface area (Å²) in [5.41, 5.74) is 0. The van der Waals surface area contributed by atoms with Crippen LogP contribution in [0.3, 0.4) is 0 Å². The van der Waals surface area contributed by atoms with Crippen molar-refractivity contribution in [3.63, 3.8) is 0 Å². The molecule has 8 heteroatoms. The summed E-state index contributed by atoms with van der Waals surface area (Å²) in [6.07, 6.45) is 2.35. The second-order valence-electron chi connectivity index (χ2n) is 5.09. The molecule has 0 bridgehead atoms. The van der Waals surface area contributed by atoms with Crippen LogP contribution in [0.25, 0.3) is 0 Å². The number of hydrogen-bond acceptors (Lipinski definition) is 5. The lowest BCUT2D eigenvalue weighted by Crippen LogP contribution is -2.25. The van der Waals surface area contributed by atoms with E-state index in [4.69, 9.17) is 23.2 Å². The van der Waals surface area contributed by atoms with E-state index in [-0.39, 0.29) is 11.0 Å². The summed E-state index contributed by atoms with van der Waals surface area (Å²) < 4.78 is 23.6. The molecule has 2 heterocycles. The zero-order valence-corrected chi connectivity index (χ0v) is 14.2. The van der Waals surface area contributed by atoms with Gasteiger partial charge in [0, 0.05) is 13.1 Å². The van der Waals surface area contributed by atoms with Crippen LogP contribution in [0.2, 0.25) is 10.0 Å². The molecule has 0 aromatic carbocycles. The Balaban J connectivity index is 2.09. The first-order valence-electron chi connectivity index (χ1n) is 6.99. The standard InChI is InChI=1S/C13H19Cl2N3O2S/c1-2-5-16-12-10(14)7-11(15)13(18-12)17-8-9-4-3-6-21(9,19)20/h7,9H,2-6,8H2,1H3,(H2,16,17,18). The van der Waals surface area contributed by atoms with Gasteiger partial charge in [-0.05, 0) is 25.3 Å². The Hall–Kier alpha value is -0.720. The highest BCUT2D eigenvalue weighted by atomic mass is 35.5. The lowest BCUT2D eigenvalue weighted by Gasteiger charge is -2.14. The van der Waals surface area contributed by atoms with Crippen molar-refractivity contribution in [2.24, 2.45) is 0 Å². The number of hydrogen-bond donors (Lipinski definition) is 2. The Morgan fingerprint density at radius 1 is 1.29 bits per heavy atom. The predicted octanol–water partition coefficient (Wildman–Crippen LogP) is 3.20. The van der Waals surface area contributed by atoms with E-state index in [0.717, 1.165) is 19.4 Å². The highest BCUT2D eigenvalue weighted by Gasteiger charge is 2.31. The van der Waals surface area contributed by atoms with Crippen LogP contribution in [0.4, 0.5) is 11.6 Å². The molecule has 0 amide bonds. The molecule has 2 rings (SSSR count). The Bertz CT molecular complexity index is 608. The lowest BCUT2D eigenvalue weighted by molar-refractivity contribution is 0.591. The molecular weight excluding hydrogens is 333 g/mol. The van der Waals surface area contributed by atoms with Gasteiger partial charge in [0.1, 0.15) is 11.6 Å². The van der Waals surface area contributed by atoms with E-state index in [0.29, 0.717) is 34.6 Å². The molecule has 1 aliphatic heterocycles. The van der Waals surface area contributed by atoms with Gasteiger partial charge in [-0.1, -0.05) is 30.1 Å². The minimum absolute atomic E-state index is 0.268. The van der Waals surface area contributed by atoms with E-state index >= 15 is 0 Å². The molecule has 1 aromatic rings. The molecule has 1 atom stereocenters. The molecule has 1 aromatic heterocycles. The molecule has 1 unspecified atom stereocenters. The first-order valence-corrected chi connectivity index (χ1v) is 9.46. The van der Waals surface area contributed by atoms with Crippen LogP contribution >= 0.6 is 23.2 Å². The molecule has 118 valence electrons. The molecule has 5 nitrogen and oxygen atoms in total. The normalized spacial score (nSPS) is 20.4. The maximum absolute atomic E-state index is 11.8. The van der Waals surface area contributed by atoms with Gasteiger partial charge in [-0.2, -0.15) is 0 Å². The van der Waals surface area contributed by atoms with Crippen molar-refractivity contribution >= 4 is 44.7 Å². The Morgan fingerprint density at radius 3 is 2.52 bits per heavy atom. The summed E-state index contributed by atoms with van der Waals surface area (Å²) in [5.74, 6) is 1.28. The van der Waals surface area contributed by atoms with Crippen molar-refractivity contribution in [2.45, 2.75) is 31.4 Å². The van der Waals surface area contributed by atoms with Crippen LogP contribution in [-0.4, -0.2) is 37.5 Å². The third-order valence-corrected chi connectivity index (χ3v) is 6.28. The first-order chi connectivity index (χ1) is 9.94. The Morgan fingerprint density at radius 2 is 1.95 bits per heavy atom. The van der Waals surface area contributed by atoms with Crippen molar-refractivity contribution in [1.29, 1.82) is 0 Å². The predicted molar refractivity (Wildman–Crippen MR) is 88.3 cm³/mol. The summed E-state index contributed by atoms with van der Waals surface area (Å²) in [6, 6.07) is 1.61. The van der Waals surface area contributed by atoms with Crippen LogP contribution in [0, 0.1) is 0 Å². The second-order valence-corrected chi connectivity index (χ2v) is 8.30. The maximum Gasteiger partial charge on any atom is 0.154 e. The van der Waals surface area contributed by atoms with Gasteiger partial charge in [-0.15, -0.1) is 0 Å². The smallest absolute Gasteiger partial charge is 0.154 e. The summed E-state index contributed by atoms with van der Waals surface area (Å²) >= 11 is 12.2. The molecule has 0 spiro atoms. The van der Waals surface area contributed by atoms with Gasteiger partial charge >= 0.3 is 0 Å². The van der Waals surface area contributed by atoms with Crippen LogP contribution in [0.1, 0.15) is 26.2 Å². The molecule has 1 saturated heterocycles. The van der Waals surface area contributed by atoms with E-state index in [1.807, 2.05) is 6.92 Å². The minimum atomic E-state index is -2.98. The largest absolute Gasteiger partial charge is 0.369 e.